The lowest BCUT2D eigenvalue weighted by Gasteiger charge is -2.35. The number of amides is 1. The van der Waals surface area contributed by atoms with Crippen molar-refractivity contribution < 1.29 is 19.4 Å². The van der Waals surface area contributed by atoms with Crippen molar-refractivity contribution in [1.29, 1.82) is 0 Å². The maximum atomic E-state index is 13.4. The lowest BCUT2D eigenvalue weighted by Crippen LogP contribution is -2.51. The molecule has 0 spiro atoms. The van der Waals surface area contributed by atoms with Crippen molar-refractivity contribution in [2.45, 2.75) is 12.0 Å². The van der Waals surface area contributed by atoms with E-state index in [9.17, 15) is 14.7 Å². The Bertz CT molecular complexity index is 938. The molecule has 1 amide bonds. The van der Waals surface area contributed by atoms with Gasteiger partial charge in [-0.3, -0.25) is 19.4 Å². The second-order valence-electron chi connectivity index (χ2n) is 8.00. The van der Waals surface area contributed by atoms with Crippen LogP contribution in [0.3, 0.4) is 0 Å². The van der Waals surface area contributed by atoms with E-state index < -0.39 is 11.5 Å². The SMILES string of the molecule is COc1ccc(C(=O)CC2(O)C(=O)N(CN3CCN(C)CC3)c3ccccc32)cc1. The molecule has 1 fully saturated rings. The van der Waals surface area contributed by atoms with Crippen LogP contribution in [0.1, 0.15) is 22.3 Å². The van der Waals surface area contributed by atoms with Gasteiger partial charge in [-0.2, -0.15) is 0 Å². The minimum absolute atomic E-state index is 0.287. The van der Waals surface area contributed by atoms with Gasteiger partial charge in [0.1, 0.15) is 5.75 Å². The van der Waals surface area contributed by atoms with Gasteiger partial charge < -0.3 is 14.7 Å². The Balaban J connectivity index is 1.57. The van der Waals surface area contributed by atoms with E-state index in [2.05, 4.69) is 16.8 Å². The Morgan fingerprint density at radius 1 is 1.07 bits per heavy atom. The number of para-hydroxylation sites is 1. The average molecular weight is 409 g/mol. The zero-order valence-corrected chi connectivity index (χ0v) is 17.4. The molecule has 1 atom stereocenters. The van der Waals surface area contributed by atoms with Crippen LogP contribution in [-0.4, -0.2) is 73.6 Å². The van der Waals surface area contributed by atoms with E-state index in [1.165, 1.54) is 0 Å². The summed E-state index contributed by atoms with van der Waals surface area (Å²) in [6, 6.07) is 13.9. The van der Waals surface area contributed by atoms with Crippen LogP contribution >= 0.6 is 0 Å². The molecule has 1 unspecified atom stereocenters. The summed E-state index contributed by atoms with van der Waals surface area (Å²) in [6.45, 7) is 3.98. The maximum Gasteiger partial charge on any atom is 0.265 e. The molecule has 2 aromatic carbocycles. The summed E-state index contributed by atoms with van der Waals surface area (Å²) in [5.74, 6) is -0.0832. The minimum atomic E-state index is -1.86. The number of ether oxygens (including phenoxy) is 1. The quantitative estimate of drug-likeness (QED) is 0.733. The summed E-state index contributed by atoms with van der Waals surface area (Å²) in [5.41, 5.74) is -0.260. The number of fused-ring (bicyclic) bond motifs is 1. The van der Waals surface area contributed by atoms with E-state index in [1.54, 1.807) is 48.4 Å². The van der Waals surface area contributed by atoms with Gasteiger partial charge in [-0.1, -0.05) is 18.2 Å². The third-order valence-electron chi connectivity index (χ3n) is 6.01. The van der Waals surface area contributed by atoms with Gasteiger partial charge >= 0.3 is 0 Å². The number of likely N-dealkylation sites (N-methyl/N-ethyl adjacent to an activating group) is 1. The molecular formula is C23H27N3O4. The van der Waals surface area contributed by atoms with Crippen LogP contribution in [0.5, 0.6) is 5.75 Å². The second-order valence-corrected chi connectivity index (χ2v) is 8.00. The van der Waals surface area contributed by atoms with Crippen LogP contribution in [0.4, 0.5) is 5.69 Å². The summed E-state index contributed by atoms with van der Waals surface area (Å²) in [6.07, 6.45) is -0.297. The fraction of sp³-hybridized carbons (Fsp3) is 0.391. The van der Waals surface area contributed by atoms with Crippen molar-refractivity contribution in [3.8, 4) is 5.75 Å². The van der Waals surface area contributed by atoms with Gasteiger partial charge in [-0.15, -0.1) is 0 Å². The minimum Gasteiger partial charge on any atom is -0.497 e. The molecule has 1 saturated heterocycles. The molecule has 4 rings (SSSR count). The van der Waals surface area contributed by atoms with E-state index in [1.807, 2.05) is 12.1 Å². The molecule has 0 aliphatic carbocycles. The monoisotopic (exact) mass is 409 g/mol. The van der Waals surface area contributed by atoms with Gasteiger partial charge in [0.25, 0.3) is 5.91 Å². The van der Waals surface area contributed by atoms with Gasteiger partial charge in [0.15, 0.2) is 11.4 Å². The van der Waals surface area contributed by atoms with Gasteiger partial charge in [0.2, 0.25) is 0 Å². The fourth-order valence-corrected chi connectivity index (χ4v) is 4.12. The summed E-state index contributed by atoms with van der Waals surface area (Å²) in [7, 11) is 3.64. The first-order valence-corrected chi connectivity index (χ1v) is 10.1. The van der Waals surface area contributed by atoms with Crippen molar-refractivity contribution in [3.05, 3.63) is 59.7 Å². The maximum absolute atomic E-state index is 13.4. The zero-order chi connectivity index (χ0) is 21.3. The van der Waals surface area contributed by atoms with Crippen molar-refractivity contribution in [2.24, 2.45) is 0 Å². The number of methoxy groups -OCH3 is 1. The molecule has 1 N–H and O–H groups in total. The molecule has 2 aliphatic rings. The summed E-state index contributed by atoms with van der Waals surface area (Å²) >= 11 is 0. The Kier molecular flexibility index (Phi) is 5.60. The molecular weight excluding hydrogens is 382 g/mol. The van der Waals surface area contributed by atoms with Crippen LogP contribution in [0.2, 0.25) is 0 Å². The zero-order valence-electron chi connectivity index (χ0n) is 17.4. The standard InChI is InChI=1S/C23H27N3O4/c1-24-11-13-25(14-12-24)16-26-20-6-4-3-5-19(20)23(29,22(26)28)15-21(27)17-7-9-18(30-2)10-8-17/h3-10,29H,11-16H2,1-2H3. The van der Waals surface area contributed by atoms with Crippen LogP contribution < -0.4 is 9.64 Å². The van der Waals surface area contributed by atoms with E-state index in [0.717, 1.165) is 26.2 Å². The molecule has 0 saturated carbocycles. The molecule has 2 aromatic rings. The molecule has 7 nitrogen and oxygen atoms in total. The highest BCUT2D eigenvalue weighted by Gasteiger charge is 2.51. The van der Waals surface area contributed by atoms with Crippen molar-refractivity contribution in [3.63, 3.8) is 0 Å². The van der Waals surface area contributed by atoms with Gasteiger partial charge in [0, 0.05) is 37.3 Å². The van der Waals surface area contributed by atoms with Gasteiger partial charge in [-0.25, -0.2) is 0 Å². The molecule has 2 heterocycles. The van der Waals surface area contributed by atoms with Crippen LogP contribution in [0.15, 0.2) is 48.5 Å². The van der Waals surface area contributed by atoms with E-state index in [4.69, 9.17) is 4.74 Å². The van der Waals surface area contributed by atoms with Crippen molar-refractivity contribution in [1.82, 2.24) is 9.80 Å². The largest absolute Gasteiger partial charge is 0.497 e. The van der Waals surface area contributed by atoms with E-state index >= 15 is 0 Å². The topological polar surface area (TPSA) is 73.3 Å². The number of hydrogen-bond donors (Lipinski definition) is 1. The number of rotatable bonds is 6. The van der Waals surface area contributed by atoms with Crippen LogP contribution in [-0.2, 0) is 10.4 Å². The Labute approximate surface area is 176 Å². The number of carbonyl (C=O) groups is 2. The van der Waals surface area contributed by atoms with Gasteiger partial charge in [0.05, 0.1) is 25.9 Å². The Morgan fingerprint density at radius 3 is 2.40 bits per heavy atom. The van der Waals surface area contributed by atoms with Crippen LogP contribution in [0.25, 0.3) is 0 Å². The van der Waals surface area contributed by atoms with E-state index in [-0.39, 0.29) is 12.2 Å². The molecule has 2 aliphatic heterocycles. The molecule has 158 valence electrons. The Hall–Kier alpha value is -2.74. The number of carbonyl (C=O) groups excluding carboxylic acids is 2. The molecule has 7 heteroatoms. The number of hydrogen-bond acceptors (Lipinski definition) is 6. The summed E-state index contributed by atoms with van der Waals surface area (Å²) in [4.78, 5) is 32.3. The van der Waals surface area contributed by atoms with E-state index in [0.29, 0.717) is 29.2 Å². The number of aliphatic hydroxyl groups is 1. The van der Waals surface area contributed by atoms with Gasteiger partial charge in [-0.05, 0) is 37.4 Å². The first-order chi connectivity index (χ1) is 14.4. The highest BCUT2D eigenvalue weighted by atomic mass is 16.5. The summed E-state index contributed by atoms with van der Waals surface area (Å²) < 4.78 is 5.13. The predicted molar refractivity (Wildman–Crippen MR) is 114 cm³/mol. The first-order valence-electron chi connectivity index (χ1n) is 10.1. The van der Waals surface area contributed by atoms with Crippen LogP contribution in [0, 0.1) is 0 Å². The lowest BCUT2D eigenvalue weighted by molar-refractivity contribution is -0.136. The predicted octanol–water partition coefficient (Wildman–Crippen LogP) is 1.71. The van der Waals surface area contributed by atoms with Crippen molar-refractivity contribution in [2.75, 3.05) is 51.9 Å². The first kappa shape index (κ1) is 20.5. The third-order valence-corrected chi connectivity index (χ3v) is 6.01. The normalized spacial score (nSPS) is 22.2. The number of anilines is 1. The summed E-state index contributed by atoms with van der Waals surface area (Å²) in [5, 5.41) is 11.4. The number of piperazine rings is 1. The Morgan fingerprint density at radius 2 is 1.73 bits per heavy atom. The van der Waals surface area contributed by atoms with Crippen molar-refractivity contribution >= 4 is 17.4 Å². The third kappa shape index (κ3) is 3.71. The molecule has 30 heavy (non-hydrogen) atoms. The number of benzene rings is 2. The number of ketones is 1. The smallest absolute Gasteiger partial charge is 0.265 e. The molecule has 0 aromatic heterocycles. The number of nitrogens with zero attached hydrogens (tertiary/aromatic N) is 3. The fourth-order valence-electron chi connectivity index (χ4n) is 4.12. The highest BCUT2D eigenvalue weighted by molar-refractivity contribution is 6.10. The highest BCUT2D eigenvalue weighted by Crippen LogP contribution is 2.43. The number of Topliss-reactive ketones (excluding diaryl/α,β-unsaturated/α-hetero) is 1. The molecule has 0 radical (unpaired) electrons. The molecule has 0 bridgehead atoms. The second kappa shape index (κ2) is 8.18. The lowest BCUT2D eigenvalue weighted by atomic mass is 9.88. The average Bonchev–Trinajstić information content (AvgIpc) is 2.97.